The fourth-order valence-electron chi connectivity index (χ4n) is 1.65. The van der Waals surface area contributed by atoms with Crippen molar-refractivity contribution in [3.63, 3.8) is 0 Å². The summed E-state index contributed by atoms with van der Waals surface area (Å²) in [5, 5.41) is 11.7. The topological polar surface area (TPSA) is 62.2 Å². The summed E-state index contributed by atoms with van der Waals surface area (Å²) in [4.78, 5) is 16.2. The predicted octanol–water partition coefficient (Wildman–Crippen LogP) is 1.73. The van der Waals surface area contributed by atoms with Gasteiger partial charge in [0.15, 0.2) is 0 Å². The molecule has 0 aliphatic carbocycles. The third-order valence-corrected chi connectivity index (χ3v) is 2.80. The molecule has 2 N–H and O–H groups in total. The fourth-order valence-corrected chi connectivity index (χ4v) is 1.65. The summed E-state index contributed by atoms with van der Waals surface area (Å²) in [6, 6.07) is 3.67. The Hall–Kier alpha value is -1.86. The van der Waals surface area contributed by atoms with Crippen molar-refractivity contribution in [1.82, 2.24) is 10.3 Å². The molecule has 4 heteroatoms. The summed E-state index contributed by atoms with van der Waals surface area (Å²) in [5.74, 6) is 5.49. The zero-order valence-electron chi connectivity index (χ0n) is 11.4. The first-order chi connectivity index (χ1) is 9.22. The Labute approximate surface area is 114 Å². The minimum Gasteiger partial charge on any atom is -0.395 e. The van der Waals surface area contributed by atoms with Gasteiger partial charge in [-0.3, -0.25) is 4.79 Å². The van der Waals surface area contributed by atoms with Crippen LogP contribution in [-0.4, -0.2) is 28.6 Å². The van der Waals surface area contributed by atoms with Crippen molar-refractivity contribution in [2.24, 2.45) is 0 Å². The van der Waals surface area contributed by atoms with Gasteiger partial charge in [-0.2, -0.15) is 0 Å². The van der Waals surface area contributed by atoms with Crippen molar-refractivity contribution < 1.29 is 9.90 Å². The number of hydrogen-bond acceptors (Lipinski definition) is 3. The normalized spacial score (nSPS) is 9.89. The smallest absolute Gasteiger partial charge is 0.271 e. The van der Waals surface area contributed by atoms with Crippen LogP contribution in [0.3, 0.4) is 0 Å². The van der Waals surface area contributed by atoms with Crippen molar-refractivity contribution in [3.8, 4) is 11.8 Å². The van der Waals surface area contributed by atoms with Crippen LogP contribution in [0.4, 0.5) is 0 Å². The van der Waals surface area contributed by atoms with Gasteiger partial charge in [0.1, 0.15) is 5.69 Å². The highest BCUT2D eigenvalue weighted by Crippen LogP contribution is 2.06. The first-order valence-corrected chi connectivity index (χ1v) is 6.58. The van der Waals surface area contributed by atoms with Crippen LogP contribution in [0.2, 0.25) is 0 Å². The minimum absolute atomic E-state index is 0.0164. The van der Waals surface area contributed by atoms with E-state index < -0.39 is 0 Å². The molecule has 0 bridgehead atoms. The van der Waals surface area contributed by atoms with Crippen molar-refractivity contribution in [2.75, 3.05) is 6.61 Å². The molecule has 19 heavy (non-hydrogen) atoms. The maximum absolute atomic E-state index is 12.1. The second-order valence-corrected chi connectivity index (χ2v) is 4.16. The predicted molar refractivity (Wildman–Crippen MR) is 74.7 cm³/mol. The summed E-state index contributed by atoms with van der Waals surface area (Å²) in [6.45, 7) is 4.09. The summed E-state index contributed by atoms with van der Waals surface area (Å²) in [5.41, 5.74) is 0.944. The highest BCUT2D eigenvalue weighted by atomic mass is 16.2. The second kappa shape index (κ2) is 8.28. The number of aliphatic hydroxyl groups excluding tert-OH is 1. The van der Waals surface area contributed by atoms with E-state index in [-0.39, 0.29) is 18.6 Å². The number of nitrogens with zero attached hydrogens (tertiary/aromatic N) is 1. The molecule has 0 aromatic carbocycles. The van der Waals surface area contributed by atoms with Crippen LogP contribution in [0.25, 0.3) is 0 Å². The van der Waals surface area contributed by atoms with E-state index in [2.05, 4.69) is 22.1 Å². The lowest BCUT2D eigenvalue weighted by molar-refractivity contribution is 0.0929. The number of carbonyl (C=O) groups excluding carboxylic acids is 1. The molecule has 0 atom stereocenters. The van der Waals surface area contributed by atoms with Gasteiger partial charge in [0.05, 0.1) is 12.2 Å². The molecule has 0 aliphatic heterocycles. The van der Waals surface area contributed by atoms with E-state index in [0.29, 0.717) is 17.7 Å². The molecule has 0 fully saturated rings. The maximum atomic E-state index is 12.1. The van der Waals surface area contributed by atoms with E-state index in [4.69, 9.17) is 5.11 Å². The summed E-state index contributed by atoms with van der Waals surface area (Å²) >= 11 is 0. The van der Waals surface area contributed by atoms with Crippen LogP contribution in [0.15, 0.2) is 18.3 Å². The number of aliphatic hydroxyl groups is 1. The number of hydrogen-bond donors (Lipinski definition) is 2. The molecule has 0 aliphatic rings. The molecule has 1 amide bonds. The Balaban J connectivity index is 2.88. The van der Waals surface area contributed by atoms with E-state index in [1.807, 2.05) is 13.8 Å². The molecule has 0 radical (unpaired) electrons. The van der Waals surface area contributed by atoms with Crippen LogP contribution in [0, 0.1) is 11.8 Å². The van der Waals surface area contributed by atoms with Gasteiger partial charge in [0.25, 0.3) is 5.91 Å². The molecule has 4 nitrogen and oxygen atoms in total. The number of pyridine rings is 1. The molecule has 1 rings (SSSR count). The Morgan fingerprint density at radius 2 is 2.21 bits per heavy atom. The van der Waals surface area contributed by atoms with Gasteiger partial charge in [-0.25, -0.2) is 4.98 Å². The molecule has 0 unspecified atom stereocenters. The lowest BCUT2D eigenvalue weighted by Crippen LogP contribution is -2.34. The molecule has 102 valence electrons. The highest BCUT2D eigenvalue weighted by Gasteiger charge is 2.14. The highest BCUT2D eigenvalue weighted by molar-refractivity contribution is 5.94. The summed E-state index contributed by atoms with van der Waals surface area (Å²) in [6.07, 6.45) is 3.75. The van der Waals surface area contributed by atoms with Gasteiger partial charge < -0.3 is 10.4 Å². The van der Waals surface area contributed by atoms with E-state index in [1.165, 1.54) is 0 Å². The quantitative estimate of drug-likeness (QED) is 0.793. The van der Waals surface area contributed by atoms with Crippen LogP contribution in [-0.2, 0) is 0 Å². The molecular formula is C15H20N2O2. The van der Waals surface area contributed by atoms with Gasteiger partial charge in [-0.1, -0.05) is 25.7 Å². The van der Waals surface area contributed by atoms with E-state index >= 15 is 0 Å². The lowest BCUT2D eigenvalue weighted by atomic mass is 10.1. The number of amides is 1. The number of aromatic nitrogens is 1. The van der Waals surface area contributed by atoms with E-state index in [1.54, 1.807) is 18.3 Å². The van der Waals surface area contributed by atoms with Gasteiger partial charge in [0, 0.05) is 18.7 Å². The average molecular weight is 260 g/mol. The number of rotatable bonds is 5. The molecule has 0 saturated carbocycles. The minimum atomic E-state index is -0.192. The number of carbonyl (C=O) groups is 1. The van der Waals surface area contributed by atoms with Crippen molar-refractivity contribution in [3.05, 3.63) is 29.6 Å². The third-order valence-electron chi connectivity index (χ3n) is 2.80. The van der Waals surface area contributed by atoms with Crippen molar-refractivity contribution in [2.45, 2.75) is 39.2 Å². The Morgan fingerprint density at radius 1 is 1.47 bits per heavy atom. The van der Waals surface area contributed by atoms with E-state index in [0.717, 1.165) is 12.8 Å². The standard InChI is InChI=1S/C15H20N2O2/c1-3-13(4-2)17-15(19)14-12(8-5-6-11-18)9-7-10-16-14/h7,9-10,13,18H,3-4,6,11H2,1-2H3,(H,17,19). The van der Waals surface area contributed by atoms with Gasteiger partial charge in [-0.05, 0) is 25.0 Å². The molecule has 0 saturated heterocycles. The van der Waals surface area contributed by atoms with E-state index in [9.17, 15) is 4.79 Å². The molecule has 1 heterocycles. The zero-order chi connectivity index (χ0) is 14.1. The maximum Gasteiger partial charge on any atom is 0.271 e. The zero-order valence-corrected chi connectivity index (χ0v) is 11.4. The van der Waals surface area contributed by atoms with Crippen LogP contribution in [0.1, 0.15) is 49.2 Å². The van der Waals surface area contributed by atoms with Crippen LogP contribution < -0.4 is 5.32 Å². The van der Waals surface area contributed by atoms with Crippen LogP contribution >= 0.6 is 0 Å². The van der Waals surface area contributed by atoms with Crippen LogP contribution in [0.5, 0.6) is 0 Å². The fraction of sp³-hybridized carbons (Fsp3) is 0.467. The average Bonchev–Trinajstić information content (AvgIpc) is 2.45. The molecular weight excluding hydrogens is 240 g/mol. The summed E-state index contributed by atoms with van der Waals surface area (Å²) in [7, 11) is 0. The monoisotopic (exact) mass is 260 g/mol. The Kier molecular flexibility index (Phi) is 6.62. The van der Waals surface area contributed by atoms with Gasteiger partial charge in [-0.15, -0.1) is 0 Å². The SMILES string of the molecule is CCC(CC)NC(=O)c1ncccc1C#CCCO. The lowest BCUT2D eigenvalue weighted by Gasteiger charge is -2.14. The first kappa shape index (κ1) is 15.2. The molecule has 0 spiro atoms. The number of nitrogens with one attached hydrogen (secondary N) is 1. The molecule has 1 aromatic rings. The summed E-state index contributed by atoms with van der Waals surface area (Å²) < 4.78 is 0. The largest absolute Gasteiger partial charge is 0.395 e. The van der Waals surface area contributed by atoms with Gasteiger partial charge in [0.2, 0.25) is 0 Å². The Morgan fingerprint density at radius 3 is 2.84 bits per heavy atom. The van der Waals surface area contributed by atoms with Gasteiger partial charge >= 0.3 is 0 Å². The van der Waals surface area contributed by atoms with Crippen molar-refractivity contribution in [1.29, 1.82) is 0 Å². The Bertz CT molecular complexity index is 471. The molecule has 1 aromatic heterocycles. The second-order valence-electron chi connectivity index (χ2n) is 4.16. The third kappa shape index (κ3) is 4.72. The first-order valence-electron chi connectivity index (χ1n) is 6.58. The van der Waals surface area contributed by atoms with Crippen molar-refractivity contribution >= 4 is 5.91 Å².